The van der Waals surface area contributed by atoms with Crippen LogP contribution in [0.2, 0.25) is 0 Å². The molecule has 21 nitrogen and oxygen atoms in total. The van der Waals surface area contributed by atoms with Gasteiger partial charge >= 0.3 is 41.8 Å². The average molecular weight is 1080 g/mol. The Bertz CT molecular complexity index is 2370. The van der Waals surface area contributed by atoms with Crippen molar-refractivity contribution >= 4 is 58.8 Å². The van der Waals surface area contributed by atoms with Crippen LogP contribution in [0.5, 0.6) is 0 Å². The molecule has 0 heterocycles. The Morgan fingerprint density at radius 2 is 0.831 bits per heavy atom. The summed E-state index contributed by atoms with van der Waals surface area (Å²) < 4.78 is 42.1. The molecule has 0 amide bonds. The van der Waals surface area contributed by atoms with Crippen molar-refractivity contribution in [3.05, 3.63) is 90.0 Å². The Balaban J connectivity index is 0.000000596. The third-order valence-electron chi connectivity index (χ3n) is 13.6. The Morgan fingerprint density at radius 3 is 1.26 bits per heavy atom. The lowest BCUT2D eigenvalue weighted by Gasteiger charge is -2.48. The number of carbonyl (C=O) groups is 7. The highest BCUT2D eigenvalue weighted by Crippen LogP contribution is 2.54. The van der Waals surface area contributed by atoms with Gasteiger partial charge in [-0.1, -0.05) is 25.1 Å². The van der Waals surface area contributed by atoms with Crippen LogP contribution in [0.15, 0.2) is 78.9 Å². The van der Waals surface area contributed by atoms with E-state index in [1.165, 1.54) is 71.0 Å². The first-order valence-corrected chi connectivity index (χ1v) is 25.2. The maximum atomic E-state index is 13.9. The Morgan fingerprint density at radius 1 is 0.468 bits per heavy atom. The van der Waals surface area contributed by atoms with Crippen molar-refractivity contribution in [1.29, 1.82) is 0 Å². The molecule has 7 N–H and O–H groups in total. The van der Waals surface area contributed by atoms with Crippen molar-refractivity contribution in [2.75, 3.05) is 89.4 Å². The van der Waals surface area contributed by atoms with Gasteiger partial charge in [-0.2, -0.15) is 0 Å². The summed E-state index contributed by atoms with van der Waals surface area (Å²) in [7, 11) is 1.78. The fraction of sp³-hybridized carbons (Fsp3) is 0.554. The number of carbonyl (C=O) groups excluding carboxylic acids is 7. The lowest BCUT2D eigenvalue weighted by atomic mass is 9.53. The van der Waals surface area contributed by atoms with Gasteiger partial charge in [-0.3, -0.25) is 24.0 Å². The summed E-state index contributed by atoms with van der Waals surface area (Å²) in [5, 5.41) is 31.1. The lowest BCUT2D eigenvalue weighted by Crippen LogP contribution is -2.60. The summed E-state index contributed by atoms with van der Waals surface area (Å²) in [5.41, 5.74) is 5.83. The molecule has 4 atom stereocenters. The molecule has 0 fully saturated rings. The van der Waals surface area contributed by atoms with E-state index >= 15 is 0 Å². The lowest BCUT2D eigenvalue weighted by molar-refractivity contribution is -0.200. The highest BCUT2D eigenvalue weighted by atomic mass is 16.6. The SMILES string of the molecule is CCCOC(=O)C(C)(C)C(C)(C)C(=O)OCC(O)COC(=O)c1ccc(N)cc1.CCOCCOC(=O)C(C)(C)C(C)(C(=O)OCC(O)COC(=O)c1ccc(N)cc1)C(C)(C)C(=O)OCC(O)CN(C)c1ccccc1. The number of para-hydroxylation sites is 1. The van der Waals surface area contributed by atoms with E-state index in [1.54, 1.807) is 58.7 Å². The van der Waals surface area contributed by atoms with Gasteiger partial charge in [0.05, 0.1) is 51.4 Å². The zero-order chi connectivity index (χ0) is 58.4. The molecule has 428 valence electrons. The van der Waals surface area contributed by atoms with Crippen LogP contribution in [0.4, 0.5) is 17.1 Å². The number of likely N-dealkylation sites (N-methyl/N-ethyl adjacent to an activating group) is 1. The van der Waals surface area contributed by atoms with E-state index in [4.69, 9.17) is 49.4 Å². The monoisotopic (exact) mass is 1080 g/mol. The van der Waals surface area contributed by atoms with Gasteiger partial charge in [0.2, 0.25) is 0 Å². The quantitative estimate of drug-likeness (QED) is 0.0253. The first-order chi connectivity index (χ1) is 35.9. The number of nitrogen functional groups attached to an aromatic ring is 2. The molecular formula is C56H81N3O18. The second kappa shape index (κ2) is 30.2. The van der Waals surface area contributed by atoms with Gasteiger partial charge in [-0.05, 0) is 136 Å². The highest BCUT2D eigenvalue weighted by molar-refractivity contribution is 5.94. The second-order valence-electron chi connectivity index (χ2n) is 20.5. The molecule has 0 aromatic heterocycles. The zero-order valence-corrected chi connectivity index (χ0v) is 46.6. The minimum absolute atomic E-state index is 0.0919. The summed E-state index contributed by atoms with van der Waals surface area (Å²) in [6, 6.07) is 21.4. The third kappa shape index (κ3) is 18.7. The largest absolute Gasteiger partial charge is 0.465 e. The number of hydrogen-bond donors (Lipinski definition) is 5. The predicted octanol–water partition coefficient (Wildman–Crippen LogP) is 5.34. The number of aliphatic hydroxyl groups excluding tert-OH is 3. The highest BCUT2D eigenvalue weighted by Gasteiger charge is 2.65. The minimum atomic E-state index is -1.94. The van der Waals surface area contributed by atoms with Gasteiger partial charge in [-0.25, -0.2) is 9.59 Å². The van der Waals surface area contributed by atoms with E-state index < -0.39 is 100 Å². The first-order valence-electron chi connectivity index (χ1n) is 25.2. The van der Waals surface area contributed by atoms with Crippen molar-refractivity contribution in [2.24, 2.45) is 27.1 Å². The topological polar surface area (TPSA) is 309 Å². The van der Waals surface area contributed by atoms with Crippen molar-refractivity contribution in [3.8, 4) is 0 Å². The standard InChI is InChI=1S/C35H50N2O11.C21H31NO7/c1-8-44-18-19-45-30(41)33(2,3)35(6,32(43)48-23-28(39)22-46-29(40)24-14-16-25(36)17-15-24)34(4,5)31(42)47-21-27(38)20-37(7)26-12-10-9-11-13-26;1-6-11-27-18(25)20(2,3)21(4,5)19(26)29-13-16(23)12-28-17(24)14-7-9-15(22)10-8-14/h9-17,27-28,38-39H,8,18-23,36H2,1-7H3;7-10,16,23H,6,11-13,22H2,1-5H3. The number of nitrogens with two attached hydrogens (primary N) is 2. The van der Waals surface area contributed by atoms with Crippen LogP contribution in [-0.4, -0.2) is 148 Å². The number of esters is 7. The van der Waals surface area contributed by atoms with Crippen molar-refractivity contribution < 1.29 is 86.8 Å². The van der Waals surface area contributed by atoms with Crippen LogP contribution >= 0.6 is 0 Å². The van der Waals surface area contributed by atoms with Crippen LogP contribution < -0.4 is 16.4 Å². The predicted molar refractivity (Wildman–Crippen MR) is 285 cm³/mol. The van der Waals surface area contributed by atoms with Crippen LogP contribution in [0.3, 0.4) is 0 Å². The molecule has 0 aliphatic rings. The molecular weight excluding hydrogens is 1000 g/mol. The van der Waals surface area contributed by atoms with Gasteiger partial charge in [0, 0.05) is 37.3 Å². The number of rotatable bonds is 29. The number of benzene rings is 3. The van der Waals surface area contributed by atoms with E-state index in [1.807, 2.05) is 37.3 Å². The number of nitrogens with zero attached hydrogens (tertiary/aromatic N) is 1. The van der Waals surface area contributed by atoms with Gasteiger partial charge in [-0.15, -0.1) is 0 Å². The summed E-state index contributed by atoms with van der Waals surface area (Å²) in [4.78, 5) is 91.9. The van der Waals surface area contributed by atoms with E-state index in [9.17, 15) is 48.9 Å². The van der Waals surface area contributed by atoms with Gasteiger partial charge in [0.25, 0.3) is 0 Å². The molecule has 21 heteroatoms. The zero-order valence-electron chi connectivity index (χ0n) is 46.6. The van der Waals surface area contributed by atoms with E-state index in [0.717, 1.165) is 5.69 Å². The molecule has 0 saturated heterocycles. The van der Waals surface area contributed by atoms with Crippen molar-refractivity contribution in [2.45, 2.75) is 101 Å². The second-order valence-corrected chi connectivity index (χ2v) is 20.5. The fourth-order valence-corrected chi connectivity index (χ4v) is 7.13. The van der Waals surface area contributed by atoms with Crippen molar-refractivity contribution in [3.63, 3.8) is 0 Å². The number of aliphatic hydroxyl groups is 3. The smallest absolute Gasteiger partial charge is 0.338 e. The molecule has 0 aliphatic carbocycles. The molecule has 3 aromatic carbocycles. The van der Waals surface area contributed by atoms with Gasteiger partial charge in [0.1, 0.15) is 58.0 Å². The number of hydrogen-bond acceptors (Lipinski definition) is 21. The number of anilines is 3. The normalized spacial score (nSPS) is 13.6. The fourth-order valence-electron chi connectivity index (χ4n) is 7.13. The van der Waals surface area contributed by atoms with Crippen LogP contribution in [0.1, 0.15) is 103 Å². The van der Waals surface area contributed by atoms with Crippen LogP contribution in [0.25, 0.3) is 0 Å². The van der Waals surface area contributed by atoms with Crippen LogP contribution in [0, 0.1) is 27.1 Å². The van der Waals surface area contributed by atoms with E-state index in [0.29, 0.717) is 24.4 Å². The van der Waals surface area contributed by atoms with Crippen molar-refractivity contribution in [1.82, 2.24) is 0 Å². The van der Waals surface area contributed by atoms with Gasteiger partial charge < -0.3 is 69.6 Å². The van der Waals surface area contributed by atoms with Crippen LogP contribution in [-0.2, 0) is 61.9 Å². The molecule has 3 aromatic rings. The maximum absolute atomic E-state index is 13.9. The Kier molecular flexibility index (Phi) is 26.0. The molecule has 3 rings (SSSR count). The number of ether oxygens (including phenoxy) is 8. The molecule has 0 bridgehead atoms. The summed E-state index contributed by atoms with van der Waals surface area (Å²) in [6.45, 7) is 15.8. The molecule has 0 radical (unpaired) electrons. The van der Waals surface area contributed by atoms with E-state index in [2.05, 4.69) is 0 Å². The summed E-state index contributed by atoms with van der Waals surface area (Å²) >= 11 is 0. The van der Waals surface area contributed by atoms with Gasteiger partial charge in [0.15, 0.2) is 0 Å². The first kappa shape index (κ1) is 66.3. The molecule has 4 unspecified atom stereocenters. The molecule has 0 spiro atoms. The molecule has 0 saturated carbocycles. The Labute approximate surface area is 451 Å². The average Bonchev–Trinajstić information content (AvgIpc) is 3.40. The Hall–Kier alpha value is -6.81. The molecule has 0 aliphatic heterocycles. The summed E-state index contributed by atoms with van der Waals surface area (Å²) in [5.74, 6) is -5.21. The third-order valence-corrected chi connectivity index (χ3v) is 13.6. The summed E-state index contributed by atoms with van der Waals surface area (Å²) in [6.07, 6.45) is -3.03. The molecule has 77 heavy (non-hydrogen) atoms. The van der Waals surface area contributed by atoms with E-state index in [-0.39, 0.29) is 57.3 Å². The minimum Gasteiger partial charge on any atom is -0.465 e. The maximum Gasteiger partial charge on any atom is 0.338 e.